The highest BCUT2D eigenvalue weighted by Crippen LogP contribution is 2.38. The minimum absolute atomic E-state index is 0.125. The van der Waals surface area contributed by atoms with E-state index in [2.05, 4.69) is 0 Å². The molecule has 0 fully saturated rings. The standard InChI is InChI=1S/C24H23FN2O6/c1-15-4-7-17(12-21(15)27(30)31)22-19(23(28)32-2)13-26(14-20(22)24(29)33-3)11-10-16-5-8-18(25)9-6-16/h4-9,12-14,22H,10-11H2,1-3H3. The molecule has 0 saturated carbocycles. The second-order valence-electron chi connectivity index (χ2n) is 7.50. The van der Waals surface area contributed by atoms with Gasteiger partial charge in [0.05, 0.1) is 36.2 Å². The average molecular weight is 454 g/mol. The number of methoxy groups -OCH3 is 2. The molecular formula is C24H23FN2O6. The van der Waals surface area contributed by atoms with Gasteiger partial charge in [-0.3, -0.25) is 10.1 Å². The fraction of sp³-hybridized carbons (Fsp3) is 0.250. The summed E-state index contributed by atoms with van der Waals surface area (Å²) in [6, 6.07) is 10.6. The van der Waals surface area contributed by atoms with Crippen molar-refractivity contribution in [1.29, 1.82) is 0 Å². The highest BCUT2D eigenvalue weighted by atomic mass is 19.1. The number of hydrogen-bond donors (Lipinski definition) is 0. The molecule has 172 valence electrons. The Labute approximate surface area is 190 Å². The molecule has 2 aromatic carbocycles. The summed E-state index contributed by atoms with van der Waals surface area (Å²) in [5.74, 6) is -2.60. The number of nitrogens with zero attached hydrogens (tertiary/aromatic N) is 2. The molecule has 0 bridgehead atoms. The Kier molecular flexibility index (Phi) is 7.22. The zero-order valence-corrected chi connectivity index (χ0v) is 18.4. The Hall–Kier alpha value is -4.01. The predicted octanol–water partition coefficient (Wildman–Crippen LogP) is 3.80. The first-order valence-corrected chi connectivity index (χ1v) is 10.1. The molecule has 3 rings (SSSR count). The summed E-state index contributed by atoms with van der Waals surface area (Å²) in [5.41, 5.74) is 1.86. The number of nitro groups is 1. The van der Waals surface area contributed by atoms with Gasteiger partial charge in [-0.2, -0.15) is 0 Å². The van der Waals surface area contributed by atoms with Crippen molar-refractivity contribution < 1.29 is 28.4 Å². The summed E-state index contributed by atoms with van der Waals surface area (Å²) in [7, 11) is 2.44. The molecule has 9 heteroatoms. The molecule has 1 aliphatic rings. The van der Waals surface area contributed by atoms with Crippen molar-refractivity contribution in [1.82, 2.24) is 4.90 Å². The number of halogens is 1. The van der Waals surface area contributed by atoms with Crippen LogP contribution < -0.4 is 0 Å². The van der Waals surface area contributed by atoms with Gasteiger partial charge in [0.1, 0.15) is 5.82 Å². The normalized spacial score (nSPS) is 13.8. The zero-order valence-electron chi connectivity index (χ0n) is 18.4. The predicted molar refractivity (Wildman–Crippen MR) is 118 cm³/mol. The van der Waals surface area contributed by atoms with Crippen molar-refractivity contribution in [2.75, 3.05) is 20.8 Å². The van der Waals surface area contributed by atoms with E-state index in [1.807, 2.05) is 0 Å². The second-order valence-corrected chi connectivity index (χ2v) is 7.50. The zero-order chi connectivity index (χ0) is 24.1. The largest absolute Gasteiger partial charge is 0.466 e. The molecule has 0 radical (unpaired) electrons. The molecule has 0 spiro atoms. The Bertz CT molecular complexity index is 1110. The molecule has 1 aliphatic heterocycles. The lowest BCUT2D eigenvalue weighted by atomic mass is 9.82. The van der Waals surface area contributed by atoms with Gasteiger partial charge in [0, 0.05) is 30.6 Å². The molecule has 1 heterocycles. The van der Waals surface area contributed by atoms with Crippen molar-refractivity contribution in [2.24, 2.45) is 0 Å². The van der Waals surface area contributed by atoms with E-state index >= 15 is 0 Å². The van der Waals surface area contributed by atoms with Crippen LogP contribution in [-0.2, 0) is 25.5 Å². The van der Waals surface area contributed by atoms with Crippen LogP contribution in [0.4, 0.5) is 10.1 Å². The van der Waals surface area contributed by atoms with Crippen LogP contribution in [-0.4, -0.2) is 42.5 Å². The third-order valence-electron chi connectivity index (χ3n) is 5.41. The highest BCUT2D eigenvalue weighted by molar-refractivity contribution is 5.98. The number of carbonyl (C=O) groups excluding carboxylic acids is 2. The van der Waals surface area contributed by atoms with Gasteiger partial charge in [-0.25, -0.2) is 14.0 Å². The maximum Gasteiger partial charge on any atom is 0.336 e. The number of aryl methyl sites for hydroxylation is 1. The van der Waals surface area contributed by atoms with Crippen molar-refractivity contribution in [3.05, 3.63) is 98.6 Å². The minimum Gasteiger partial charge on any atom is -0.466 e. The smallest absolute Gasteiger partial charge is 0.336 e. The molecule has 0 aliphatic carbocycles. The van der Waals surface area contributed by atoms with Crippen LogP contribution in [0, 0.1) is 22.9 Å². The average Bonchev–Trinajstić information content (AvgIpc) is 2.82. The third kappa shape index (κ3) is 5.25. The molecule has 0 unspecified atom stereocenters. The Morgan fingerprint density at radius 1 is 1.03 bits per heavy atom. The summed E-state index contributed by atoms with van der Waals surface area (Å²) in [6.07, 6.45) is 3.62. The molecule has 0 saturated heterocycles. The molecule has 0 aromatic heterocycles. The van der Waals surface area contributed by atoms with Crippen molar-refractivity contribution in [2.45, 2.75) is 19.3 Å². The van der Waals surface area contributed by atoms with E-state index in [-0.39, 0.29) is 22.7 Å². The van der Waals surface area contributed by atoms with Gasteiger partial charge in [0.2, 0.25) is 0 Å². The maximum absolute atomic E-state index is 13.2. The van der Waals surface area contributed by atoms with Crippen LogP contribution in [0.3, 0.4) is 0 Å². The van der Waals surface area contributed by atoms with E-state index in [0.29, 0.717) is 24.1 Å². The fourth-order valence-electron chi connectivity index (χ4n) is 3.69. The Morgan fingerprint density at radius 3 is 2.12 bits per heavy atom. The van der Waals surface area contributed by atoms with Gasteiger partial charge in [-0.1, -0.05) is 24.3 Å². The van der Waals surface area contributed by atoms with E-state index < -0.39 is 22.8 Å². The van der Waals surface area contributed by atoms with Gasteiger partial charge in [0.15, 0.2) is 0 Å². The quantitative estimate of drug-likeness (QED) is 0.356. The van der Waals surface area contributed by atoms with Gasteiger partial charge in [0.25, 0.3) is 5.69 Å². The van der Waals surface area contributed by atoms with Crippen LogP contribution in [0.2, 0.25) is 0 Å². The SMILES string of the molecule is COC(=O)C1=CN(CCc2ccc(F)cc2)C=C(C(=O)OC)C1c1ccc(C)c([N+](=O)[O-])c1. The van der Waals surface area contributed by atoms with Crippen molar-refractivity contribution >= 4 is 17.6 Å². The molecular weight excluding hydrogens is 431 g/mol. The third-order valence-corrected chi connectivity index (χ3v) is 5.41. The number of rotatable bonds is 7. The van der Waals surface area contributed by atoms with E-state index in [9.17, 15) is 24.1 Å². The summed E-state index contributed by atoms with van der Waals surface area (Å²) in [6.45, 7) is 1.99. The first kappa shape index (κ1) is 23.6. The van der Waals surface area contributed by atoms with Crippen LogP contribution in [0.15, 0.2) is 66.0 Å². The molecule has 0 atom stereocenters. The van der Waals surface area contributed by atoms with Gasteiger partial charge in [-0.15, -0.1) is 0 Å². The number of carbonyl (C=O) groups is 2. The topological polar surface area (TPSA) is 99.0 Å². The molecule has 2 aromatic rings. The van der Waals surface area contributed by atoms with Gasteiger partial charge >= 0.3 is 11.9 Å². The lowest BCUT2D eigenvalue weighted by Gasteiger charge is -2.30. The number of hydrogen-bond acceptors (Lipinski definition) is 7. The molecule has 0 amide bonds. The van der Waals surface area contributed by atoms with Crippen molar-refractivity contribution in [3.63, 3.8) is 0 Å². The second kappa shape index (κ2) is 10.1. The van der Waals surface area contributed by atoms with Crippen molar-refractivity contribution in [3.8, 4) is 0 Å². The van der Waals surface area contributed by atoms with E-state index in [1.54, 1.807) is 48.5 Å². The first-order chi connectivity index (χ1) is 15.7. The molecule has 33 heavy (non-hydrogen) atoms. The first-order valence-electron chi connectivity index (χ1n) is 10.1. The number of esters is 2. The lowest BCUT2D eigenvalue weighted by Crippen LogP contribution is -2.29. The number of benzene rings is 2. The highest BCUT2D eigenvalue weighted by Gasteiger charge is 2.36. The van der Waals surface area contributed by atoms with Crippen LogP contribution in [0.5, 0.6) is 0 Å². The fourth-order valence-corrected chi connectivity index (χ4v) is 3.69. The summed E-state index contributed by atoms with van der Waals surface area (Å²) >= 11 is 0. The Balaban J connectivity index is 2.03. The maximum atomic E-state index is 13.2. The summed E-state index contributed by atoms with van der Waals surface area (Å²) in [5, 5.41) is 11.5. The molecule has 0 N–H and O–H groups in total. The van der Waals surface area contributed by atoms with Gasteiger partial charge < -0.3 is 14.4 Å². The summed E-state index contributed by atoms with van der Waals surface area (Å²) in [4.78, 5) is 37.9. The van der Waals surface area contributed by atoms with Crippen LogP contribution in [0.25, 0.3) is 0 Å². The number of ether oxygens (including phenoxy) is 2. The van der Waals surface area contributed by atoms with E-state index in [4.69, 9.17) is 9.47 Å². The van der Waals surface area contributed by atoms with Crippen LogP contribution in [0.1, 0.15) is 22.6 Å². The van der Waals surface area contributed by atoms with Gasteiger partial charge in [-0.05, 0) is 36.6 Å². The summed E-state index contributed by atoms with van der Waals surface area (Å²) < 4.78 is 23.1. The molecule has 8 nitrogen and oxygen atoms in total. The van der Waals surface area contributed by atoms with E-state index in [0.717, 1.165) is 5.56 Å². The minimum atomic E-state index is -0.911. The lowest BCUT2D eigenvalue weighted by molar-refractivity contribution is -0.385. The Morgan fingerprint density at radius 2 is 1.61 bits per heavy atom. The monoisotopic (exact) mass is 454 g/mol. The number of nitro benzene ring substituents is 1. The van der Waals surface area contributed by atoms with E-state index in [1.165, 1.54) is 32.4 Å². The van der Waals surface area contributed by atoms with Crippen LogP contribution >= 0.6 is 0 Å².